The Morgan fingerprint density at radius 1 is 1.35 bits per heavy atom. The summed E-state index contributed by atoms with van der Waals surface area (Å²) in [4.78, 5) is 12.5. The highest BCUT2D eigenvalue weighted by molar-refractivity contribution is 7.80. The molecule has 0 aliphatic heterocycles. The zero-order valence-electron chi connectivity index (χ0n) is 10.6. The van der Waals surface area contributed by atoms with Crippen molar-refractivity contribution in [2.75, 3.05) is 0 Å². The van der Waals surface area contributed by atoms with E-state index >= 15 is 0 Å². The fourth-order valence-corrected chi connectivity index (χ4v) is 3.83. The highest BCUT2D eigenvalue weighted by Crippen LogP contribution is 2.44. The molecule has 4 unspecified atom stereocenters. The van der Waals surface area contributed by atoms with Crippen molar-refractivity contribution in [2.24, 2.45) is 29.4 Å². The molecule has 2 rings (SSSR count). The first-order valence-electron chi connectivity index (χ1n) is 6.58. The van der Waals surface area contributed by atoms with Crippen molar-refractivity contribution in [1.82, 2.24) is 5.32 Å². The van der Waals surface area contributed by atoms with Crippen LogP contribution in [0.15, 0.2) is 0 Å². The molecule has 2 aliphatic rings. The van der Waals surface area contributed by atoms with Crippen LogP contribution in [0.5, 0.6) is 0 Å². The third kappa shape index (κ3) is 2.62. The molecule has 4 heteroatoms. The molecule has 0 radical (unpaired) electrons. The summed E-state index contributed by atoms with van der Waals surface area (Å²) in [6.07, 6.45) is 5.07. The fraction of sp³-hybridized carbons (Fsp3) is 0.846. The topological polar surface area (TPSA) is 55.1 Å². The third-order valence-corrected chi connectivity index (χ3v) is 4.58. The van der Waals surface area contributed by atoms with Gasteiger partial charge in [-0.05, 0) is 37.0 Å². The van der Waals surface area contributed by atoms with E-state index in [2.05, 4.69) is 5.32 Å². The number of carbonyl (C=O) groups is 1. The van der Waals surface area contributed by atoms with Crippen molar-refractivity contribution in [3.63, 3.8) is 0 Å². The van der Waals surface area contributed by atoms with Crippen molar-refractivity contribution >= 4 is 23.1 Å². The number of thiocarbonyl (C=S) groups is 1. The minimum absolute atomic E-state index is 0.0325. The van der Waals surface area contributed by atoms with Gasteiger partial charge in [0, 0.05) is 6.04 Å². The highest BCUT2D eigenvalue weighted by atomic mass is 32.1. The van der Waals surface area contributed by atoms with Crippen molar-refractivity contribution in [2.45, 2.75) is 45.6 Å². The number of amides is 1. The Labute approximate surface area is 109 Å². The molecule has 0 heterocycles. The molecule has 3 nitrogen and oxygen atoms in total. The van der Waals surface area contributed by atoms with E-state index in [4.69, 9.17) is 18.0 Å². The maximum absolute atomic E-state index is 12.2. The van der Waals surface area contributed by atoms with E-state index < -0.39 is 0 Å². The first-order valence-corrected chi connectivity index (χ1v) is 6.99. The van der Waals surface area contributed by atoms with Crippen LogP contribution in [0.4, 0.5) is 0 Å². The lowest BCUT2D eigenvalue weighted by molar-refractivity contribution is -0.125. The molecule has 3 N–H and O–H groups in total. The van der Waals surface area contributed by atoms with E-state index in [9.17, 15) is 4.79 Å². The average Bonchev–Trinajstić information content (AvgIpc) is 2.77. The van der Waals surface area contributed by atoms with Crippen molar-refractivity contribution in [3.05, 3.63) is 0 Å². The molecule has 0 aromatic heterocycles. The van der Waals surface area contributed by atoms with E-state index in [1.165, 1.54) is 19.3 Å². The predicted octanol–water partition coefficient (Wildman–Crippen LogP) is 1.85. The zero-order chi connectivity index (χ0) is 12.6. The number of carbonyl (C=O) groups excluding carboxylic acids is 1. The number of rotatable bonds is 4. The summed E-state index contributed by atoms with van der Waals surface area (Å²) in [6.45, 7) is 3.98. The average molecular weight is 254 g/mol. The molecule has 0 spiro atoms. The smallest absolute Gasteiger partial charge is 0.230 e. The molecule has 2 saturated carbocycles. The Balaban J connectivity index is 1.94. The SMILES string of the molecule is CC(C)C(C(=O)NC1CC2CCC1C2)C(N)=S. The summed E-state index contributed by atoms with van der Waals surface area (Å²) < 4.78 is 0. The lowest BCUT2D eigenvalue weighted by Gasteiger charge is -2.26. The molecule has 2 bridgehead atoms. The van der Waals surface area contributed by atoms with Crippen molar-refractivity contribution < 1.29 is 4.79 Å². The number of fused-ring (bicyclic) bond motifs is 2. The second-order valence-corrected chi connectivity index (χ2v) is 6.39. The van der Waals surface area contributed by atoms with Crippen LogP contribution in [0.25, 0.3) is 0 Å². The van der Waals surface area contributed by atoms with Gasteiger partial charge < -0.3 is 11.1 Å². The Hall–Kier alpha value is -0.640. The number of nitrogens with two attached hydrogens (primary N) is 1. The van der Waals surface area contributed by atoms with E-state index in [0.717, 1.165) is 12.3 Å². The molecule has 1 amide bonds. The summed E-state index contributed by atoms with van der Waals surface area (Å²) >= 11 is 4.99. The maximum Gasteiger partial charge on any atom is 0.230 e. The van der Waals surface area contributed by atoms with Gasteiger partial charge in [-0.15, -0.1) is 0 Å². The van der Waals surface area contributed by atoms with Crippen LogP contribution in [0, 0.1) is 23.7 Å². The van der Waals surface area contributed by atoms with Crippen molar-refractivity contribution in [3.8, 4) is 0 Å². The lowest BCUT2D eigenvalue weighted by Crippen LogP contribution is -2.46. The maximum atomic E-state index is 12.2. The van der Waals surface area contributed by atoms with Crippen molar-refractivity contribution in [1.29, 1.82) is 0 Å². The van der Waals surface area contributed by atoms with Crippen LogP contribution in [0.3, 0.4) is 0 Å². The second-order valence-electron chi connectivity index (χ2n) is 5.91. The van der Waals surface area contributed by atoms with E-state index in [-0.39, 0.29) is 17.7 Å². The summed E-state index contributed by atoms with van der Waals surface area (Å²) in [5.41, 5.74) is 5.66. The van der Waals surface area contributed by atoms with Gasteiger partial charge in [0.2, 0.25) is 5.91 Å². The minimum atomic E-state index is -0.316. The minimum Gasteiger partial charge on any atom is -0.393 e. The fourth-order valence-electron chi connectivity index (χ4n) is 3.45. The highest BCUT2D eigenvalue weighted by Gasteiger charge is 2.41. The van der Waals surface area contributed by atoms with Gasteiger partial charge in [-0.2, -0.15) is 0 Å². The van der Waals surface area contributed by atoms with Gasteiger partial charge in [-0.1, -0.05) is 32.5 Å². The van der Waals surface area contributed by atoms with E-state index in [1.54, 1.807) is 0 Å². The zero-order valence-corrected chi connectivity index (χ0v) is 11.4. The van der Waals surface area contributed by atoms with Gasteiger partial charge in [0.25, 0.3) is 0 Å². The molecular formula is C13H22N2OS. The molecule has 0 aromatic rings. The Bertz CT molecular complexity index is 329. The molecule has 2 fully saturated rings. The Morgan fingerprint density at radius 3 is 2.47 bits per heavy atom. The number of hydrogen-bond acceptors (Lipinski definition) is 2. The Morgan fingerprint density at radius 2 is 2.06 bits per heavy atom. The molecule has 0 saturated heterocycles. The van der Waals surface area contributed by atoms with Gasteiger partial charge in [0.1, 0.15) is 0 Å². The van der Waals surface area contributed by atoms with E-state index in [1.807, 2.05) is 13.8 Å². The van der Waals surface area contributed by atoms with Crippen LogP contribution in [0.1, 0.15) is 39.5 Å². The second kappa shape index (κ2) is 4.92. The standard InChI is InChI=1S/C13H22N2OS/c1-7(2)11(12(14)17)13(16)15-10-6-8-3-4-9(10)5-8/h7-11H,3-6H2,1-2H3,(H2,14,17)(H,15,16). The van der Waals surface area contributed by atoms with Crippen LogP contribution in [0.2, 0.25) is 0 Å². The summed E-state index contributed by atoms with van der Waals surface area (Å²) in [5, 5.41) is 3.17. The normalized spacial score (nSPS) is 32.8. The van der Waals surface area contributed by atoms with Gasteiger partial charge in [-0.3, -0.25) is 4.79 Å². The number of nitrogens with one attached hydrogen (secondary N) is 1. The molecule has 0 aromatic carbocycles. The van der Waals surface area contributed by atoms with Crippen LogP contribution in [-0.2, 0) is 4.79 Å². The predicted molar refractivity (Wildman–Crippen MR) is 72.5 cm³/mol. The first kappa shape index (κ1) is 12.8. The monoisotopic (exact) mass is 254 g/mol. The van der Waals surface area contributed by atoms with Crippen LogP contribution in [-0.4, -0.2) is 16.9 Å². The van der Waals surface area contributed by atoms with Crippen LogP contribution >= 0.6 is 12.2 Å². The van der Waals surface area contributed by atoms with Gasteiger partial charge in [0.05, 0.1) is 10.9 Å². The first-order chi connectivity index (χ1) is 7.99. The van der Waals surface area contributed by atoms with Gasteiger partial charge >= 0.3 is 0 Å². The Kier molecular flexibility index (Phi) is 3.71. The third-order valence-electron chi connectivity index (χ3n) is 4.32. The van der Waals surface area contributed by atoms with Crippen LogP contribution < -0.4 is 11.1 Å². The molecular weight excluding hydrogens is 232 g/mol. The van der Waals surface area contributed by atoms with E-state index in [0.29, 0.717) is 16.9 Å². The molecule has 96 valence electrons. The van der Waals surface area contributed by atoms with Gasteiger partial charge in [-0.25, -0.2) is 0 Å². The molecule has 2 aliphatic carbocycles. The van der Waals surface area contributed by atoms with Gasteiger partial charge in [0.15, 0.2) is 0 Å². The summed E-state index contributed by atoms with van der Waals surface area (Å²) in [5.74, 6) is 1.43. The molecule has 17 heavy (non-hydrogen) atoms. The lowest BCUT2D eigenvalue weighted by atomic mass is 9.91. The summed E-state index contributed by atoms with van der Waals surface area (Å²) in [6, 6.07) is 0.372. The molecule has 4 atom stereocenters. The number of hydrogen-bond donors (Lipinski definition) is 2. The largest absolute Gasteiger partial charge is 0.393 e. The quantitative estimate of drug-likeness (QED) is 0.753. The summed E-state index contributed by atoms with van der Waals surface area (Å²) in [7, 11) is 0.